The minimum atomic E-state index is -0.250. The fraction of sp³-hybridized carbons (Fsp3) is 0.368. The van der Waals surface area contributed by atoms with E-state index in [2.05, 4.69) is 61.5 Å². The summed E-state index contributed by atoms with van der Waals surface area (Å²) in [5, 5.41) is 0. The fourth-order valence-corrected chi connectivity index (χ4v) is 1.56. The van der Waals surface area contributed by atoms with Gasteiger partial charge in [-0.3, -0.25) is 6.08 Å². The van der Waals surface area contributed by atoms with Crippen LogP contribution < -0.4 is 4.90 Å². The van der Waals surface area contributed by atoms with Crippen LogP contribution in [0.5, 0.6) is 0 Å². The Labute approximate surface area is 164 Å². The maximum atomic E-state index is 6.94. The summed E-state index contributed by atoms with van der Waals surface area (Å²) in [6.45, 7) is 5.56. The molecule has 0 saturated heterocycles. The van der Waals surface area contributed by atoms with Crippen molar-refractivity contribution in [2.75, 3.05) is 19.0 Å². The first-order valence-electron chi connectivity index (χ1n) is 6.57. The molecule has 0 fully saturated rings. The molecule has 124 valence electrons. The number of nitrogens with zero attached hydrogens (tertiary/aromatic N) is 1. The second-order valence-corrected chi connectivity index (χ2v) is 5.91. The molecule has 0 unspecified atom stereocenters. The van der Waals surface area contributed by atoms with Crippen LogP contribution in [0.3, 0.4) is 0 Å². The summed E-state index contributed by atoms with van der Waals surface area (Å²) in [5.74, 6) is 0. The van der Waals surface area contributed by atoms with Crippen LogP contribution in [0.25, 0.3) is 11.3 Å². The van der Waals surface area contributed by atoms with Crippen molar-refractivity contribution >= 4 is 22.2 Å². The van der Waals surface area contributed by atoms with Crippen LogP contribution in [-0.4, -0.2) is 30.6 Å². The minimum Gasteiger partial charge on any atom is -0.673 e. The van der Waals surface area contributed by atoms with E-state index in [0.717, 1.165) is 6.42 Å². The van der Waals surface area contributed by atoms with Crippen molar-refractivity contribution in [3.63, 3.8) is 0 Å². The van der Waals surface area contributed by atoms with Gasteiger partial charge >= 0.3 is 21.7 Å². The zero-order valence-corrected chi connectivity index (χ0v) is 18.2. The average Bonchev–Trinajstić information content (AvgIpc) is 2.80. The van der Waals surface area contributed by atoms with E-state index in [-0.39, 0.29) is 53.1 Å². The van der Waals surface area contributed by atoms with Crippen LogP contribution in [0.1, 0.15) is 32.8 Å². The van der Waals surface area contributed by atoms with E-state index >= 15 is 0 Å². The van der Waals surface area contributed by atoms with Gasteiger partial charge < -0.3 is 25.5 Å². The first-order chi connectivity index (χ1) is 8.77. The van der Waals surface area contributed by atoms with Crippen molar-refractivity contribution < 1.29 is 21.7 Å². The third-order valence-corrected chi connectivity index (χ3v) is 2.39. The van der Waals surface area contributed by atoms with Gasteiger partial charge in [0.15, 0.2) is 0 Å². The number of allylic oxidation sites excluding steroid dienone is 4. The van der Waals surface area contributed by atoms with Gasteiger partial charge in [-0.25, -0.2) is 6.08 Å². The van der Waals surface area contributed by atoms with Crippen molar-refractivity contribution in [3.8, 4) is 0 Å². The number of hydrogen-bond acceptors (Lipinski definition) is 1. The van der Waals surface area contributed by atoms with Gasteiger partial charge in [0.2, 0.25) is 0 Å². The summed E-state index contributed by atoms with van der Waals surface area (Å²) >= 11 is 0. The summed E-state index contributed by atoms with van der Waals surface area (Å²) in [6.07, 6.45) is 8.40. The Morgan fingerprint density at radius 2 is 1.65 bits per heavy atom. The van der Waals surface area contributed by atoms with Gasteiger partial charge in [0.1, 0.15) is 0 Å². The smallest absolute Gasteiger partial charge is 0.673 e. The van der Waals surface area contributed by atoms with E-state index in [1.807, 2.05) is 20.8 Å². The summed E-state index contributed by atoms with van der Waals surface area (Å²) in [7, 11) is 4.12. The Morgan fingerprint density at radius 3 is 2.04 bits per heavy atom. The zero-order valence-electron chi connectivity index (χ0n) is 15.6. The average molecular weight is 362 g/mol. The van der Waals surface area contributed by atoms with Crippen LogP contribution >= 0.6 is 0 Å². The van der Waals surface area contributed by atoms with Gasteiger partial charge in [-0.05, 0) is 12.1 Å². The first kappa shape index (κ1) is 30.3. The molecule has 0 amide bonds. The maximum Gasteiger partial charge on any atom is 4.00 e. The second kappa shape index (κ2) is 13.8. The summed E-state index contributed by atoms with van der Waals surface area (Å²) in [4.78, 5) is 2.12. The van der Waals surface area contributed by atoms with Crippen LogP contribution in [0, 0.1) is 20.9 Å². The largest absolute Gasteiger partial charge is 4.00 e. The molecule has 2 nitrogen and oxygen atoms in total. The molecule has 2 rings (SSSR count). The molecule has 23 heavy (non-hydrogen) atoms. The van der Waals surface area contributed by atoms with E-state index in [4.69, 9.17) is 5.73 Å². The van der Waals surface area contributed by atoms with Crippen molar-refractivity contribution in [1.82, 2.24) is 0 Å². The van der Waals surface area contributed by atoms with E-state index in [1.165, 1.54) is 16.8 Å². The number of benzene rings is 1. The predicted octanol–water partition coefficient (Wildman–Crippen LogP) is 5.25. The normalized spacial score (nSPS) is 11.3. The van der Waals surface area contributed by atoms with Crippen LogP contribution in [0.2, 0.25) is 0 Å². The molecular weight excluding hydrogens is 332 g/mol. The molecule has 4 radical (unpaired) electrons. The van der Waals surface area contributed by atoms with Crippen LogP contribution in [-0.2, 0) is 21.7 Å². The Bertz CT molecular complexity index is 469. The molecule has 0 bridgehead atoms. The zero-order chi connectivity index (χ0) is 14.5. The number of nitrogens with one attached hydrogen (secondary N) is 1. The molecule has 1 aromatic carbocycles. The van der Waals surface area contributed by atoms with Gasteiger partial charge in [-0.15, -0.1) is 12.0 Å². The molecule has 4 heteroatoms. The molecule has 0 saturated carbocycles. The van der Waals surface area contributed by atoms with E-state index in [0.29, 0.717) is 0 Å². The molecule has 1 N–H and O–H groups in total. The molecule has 0 aromatic heterocycles. The predicted molar refractivity (Wildman–Crippen MR) is 104 cm³/mol. The van der Waals surface area contributed by atoms with Crippen molar-refractivity contribution in [2.24, 2.45) is 0 Å². The van der Waals surface area contributed by atoms with Gasteiger partial charge in [-0.1, -0.05) is 38.5 Å². The monoisotopic (exact) mass is 362 g/mol. The van der Waals surface area contributed by atoms with Crippen LogP contribution in [0.15, 0.2) is 36.4 Å². The van der Waals surface area contributed by atoms with Crippen molar-refractivity contribution in [3.05, 3.63) is 68.6 Å². The standard InChI is InChI=1S/C13H14N.C4H10N.2CH3.Si.Ti/c1-14(2)13-9-5-8-12(10-13)11-6-3-4-7-11;1-4(2,3)5;;;;/h5-10H,3H2,1-2H3;5H,1-3H3;2*1H3;;/q4*-1;;+4. The number of hydrogen-bond donors (Lipinski definition) is 0. The number of rotatable bonds is 2. The molecule has 0 spiro atoms. The Balaban J connectivity index is -0.000000179. The summed E-state index contributed by atoms with van der Waals surface area (Å²) < 4.78 is 0. The third-order valence-electron chi connectivity index (χ3n) is 2.39. The molecule has 1 aliphatic carbocycles. The molecule has 0 atom stereocenters. The Morgan fingerprint density at radius 1 is 1.13 bits per heavy atom. The summed E-state index contributed by atoms with van der Waals surface area (Å²) in [6, 6.07) is 8.56. The van der Waals surface area contributed by atoms with Gasteiger partial charge in [0.25, 0.3) is 0 Å². The second-order valence-electron chi connectivity index (χ2n) is 5.91. The topological polar surface area (TPSA) is 27.0 Å². The fourth-order valence-electron chi connectivity index (χ4n) is 1.56. The third kappa shape index (κ3) is 13.5. The summed E-state index contributed by atoms with van der Waals surface area (Å²) in [5.41, 5.74) is 10.5. The SMILES string of the molecule is CC(C)(C)[NH-].CN(C)c1cccc(C2=CC[C-]=C2)c1.[CH3-].[CH3-].[Si].[Ti+4]. The van der Waals surface area contributed by atoms with Crippen LogP contribution in [0.4, 0.5) is 5.69 Å². The Hall–Kier alpha value is -0.609. The molecular formula is C19H30N2SiTi. The van der Waals surface area contributed by atoms with Gasteiger partial charge in [0, 0.05) is 30.7 Å². The quantitative estimate of drug-likeness (QED) is 0.521. The Kier molecular flexibility index (Phi) is 18.2. The van der Waals surface area contributed by atoms with E-state index < -0.39 is 0 Å². The van der Waals surface area contributed by atoms with Crippen molar-refractivity contribution in [1.29, 1.82) is 0 Å². The molecule has 1 aliphatic rings. The molecule has 0 heterocycles. The molecule has 0 aliphatic heterocycles. The van der Waals surface area contributed by atoms with Gasteiger partial charge in [0.05, 0.1) is 0 Å². The minimum absolute atomic E-state index is 0. The van der Waals surface area contributed by atoms with E-state index in [9.17, 15) is 0 Å². The maximum absolute atomic E-state index is 6.94. The van der Waals surface area contributed by atoms with E-state index in [1.54, 1.807) is 0 Å². The van der Waals surface area contributed by atoms with Crippen molar-refractivity contribution in [2.45, 2.75) is 32.7 Å². The number of anilines is 1. The first-order valence-corrected chi connectivity index (χ1v) is 6.57. The molecule has 1 aromatic rings. The van der Waals surface area contributed by atoms with Gasteiger partial charge in [-0.2, -0.15) is 11.6 Å².